The Morgan fingerprint density at radius 2 is 1.60 bits per heavy atom. The number of piperidine rings is 1. The molecule has 0 aliphatic carbocycles. The highest BCUT2D eigenvalue weighted by molar-refractivity contribution is 6.25. The highest BCUT2D eigenvalue weighted by Gasteiger charge is 2.32. The second kappa shape index (κ2) is 8.65. The van der Waals surface area contributed by atoms with E-state index < -0.39 is 0 Å². The molecule has 35 heavy (non-hydrogen) atoms. The molecule has 0 bridgehead atoms. The van der Waals surface area contributed by atoms with E-state index >= 15 is 0 Å². The number of carbonyl (C=O) groups excluding carboxylic acids is 3. The average molecular weight is 467 g/mol. The Hall–Kier alpha value is -4.00. The van der Waals surface area contributed by atoms with Gasteiger partial charge in [0.2, 0.25) is 5.91 Å². The third kappa shape index (κ3) is 3.77. The Kier molecular flexibility index (Phi) is 5.32. The summed E-state index contributed by atoms with van der Waals surface area (Å²) in [7, 11) is 0. The number of H-pyrrole nitrogens is 1. The molecule has 1 N–H and O–H groups in total. The van der Waals surface area contributed by atoms with E-state index in [1.165, 1.54) is 4.90 Å². The minimum Gasteiger partial charge on any atom is -0.343 e. The van der Waals surface area contributed by atoms with Gasteiger partial charge in [0.1, 0.15) is 5.82 Å². The Balaban J connectivity index is 1.05. The molecule has 1 fully saturated rings. The van der Waals surface area contributed by atoms with Crippen molar-refractivity contribution in [1.82, 2.24) is 19.8 Å². The quantitative estimate of drug-likeness (QED) is 0.439. The summed E-state index contributed by atoms with van der Waals surface area (Å²) in [5.74, 6) is 0.831. The molecule has 0 radical (unpaired) electrons. The van der Waals surface area contributed by atoms with Crippen LogP contribution in [0.5, 0.6) is 0 Å². The van der Waals surface area contributed by atoms with Crippen molar-refractivity contribution in [1.29, 1.82) is 0 Å². The maximum absolute atomic E-state index is 13.0. The lowest BCUT2D eigenvalue weighted by atomic mass is 9.94. The van der Waals surface area contributed by atoms with Crippen LogP contribution in [0.15, 0.2) is 60.7 Å². The van der Waals surface area contributed by atoms with Gasteiger partial charge in [-0.25, -0.2) is 4.98 Å². The molecule has 2 aliphatic rings. The van der Waals surface area contributed by atoms with Crippen LogP contribution >= 0.6 is 0 Å². The first-order chi connectivity index (χ1) is 17.1. The van der Waals surface area contributed by atoms with Gasteiger partial charge in [-0.1, -0.05) is 36.4 Å². The fourth-order valence-electron chi connectivity index (χ4n) is 5.40. The fraction of sp³-hybridized carbons (Fsp3) is 0.286. The lowest BCUT2D eigenvalue weighted by Crippen LogP contribution is -2.42. The topological polar surface area (TPSA) is 86.4 Å². The Morgan fingerprint density at radius 3 is 2.29 bits per heavy atom. The zero-order valence-corrected chi connectivity index (χ0v) is 19.4. The number of imide groups is 1. The number of likely N-dealkylation sites (tertiary alicyclic amines) is 1. The largest absolute Gasteiger partial charge is 0.343 e. The van der Waals surface area contributed by atoms with Gasteiger partial charge >= 0.3 is 0 Å². The van der Waals surface area contributed by atoms with Crippen LogP contribution in [0.1, 0.15) is 58.1 Å². The molecule has 0 saturated carbocycles. The van der Waals surface area contributed by atoms with Crippen molar-refractivity contribution in [2.75, 3.05) is 19.6 Å². The number of imidazole rings is 1. The number of hydrogen-bond donors (Lipinski definition) is 1. The second-order valence-corrected chi connectivity index (χ2v) is 9.37. The highest BCUT2D eigenvalue weighted by atomic mass is 16.2. The molecule has 3 amide bonds. The minimum atomic E-state index is -0.279. The summed E-state index contributed by atoms with van der Waals surface area (Å²) in [6.07, 6.45) is 2.51. The van der Waals surface area contributed by atoms with Crippen molar-refractivity contribution in [2.45, 2.75) is 31.6 Å². The Bertz CT molecular complexity index is 1380. The van der Waals surface area contributed by atoms with Crippen molar-refractivity contribution in [2.24, 2.45) is 0 Å². The summed E-state index contributed by atoms with van der Waals surface area (Å²) < 4.78 is 0. The van der Waals surface area contributed by atoms with E-state index in [0.29, 0.717) is 43.0 Å². The van der Waals surface area contributed by atoms with Gasteiger partial charge in [-0.3, -0.25) is 19.3 Å². The van der Waals surface area contributed by atoms with Crippen LogP contribution in [0.25, 0.3) is 21.8 Å². The molecule has 6 rings (SSSR count). The van der Waals surface area contributed by atoms with E-state index in [9.17, 15) is 14.4 Å². The molecule has 7 heteroatoms. The smallest absolute Gasteiger partial charge is 0.261 e. The van der Waals surface area contributed by atoms with Gasteiger partial charge in [-0.15, -0.1) is 0 Å². The number of nitrogens with one attached hydrogen (secondary N) is 1. The van der Waals surface area contributed by atoms with Gasteiger partial charge in [-0.2, -0.15) is 0 Å². The number of hydrogen-bond acceptors (Lipinski definition) is 4. The lowest BCUT2D eigenvalue weighted by Gasteiger charge is -2.31. The minimum absolute atomic E-state index is 0.0764. The van der Waals surface area contributed by atoms with Crippen LogP contribution < -0.4 is 0 Å². The third-order valence-corrected chi connectivity index (χ3v) is 7.27. The van der Waals surface area contributed by atoms with E-state index in [2.05, 4.69) is 4.98 Å². The van der Waals surface area contributed by atoms with Gasteiger partial charge < -0.3 is 9.88 Å². The zero-order valence-electron chi connectivity index (χ0n) is 19.4. The molecule has 1 saturated heterocycles. The molecule has 0 atom stereocenters. The first-order valence-electron chi connectivity index (χ1n) is 12.2. The normalized spacial score (nSPS) is 16.5. The SMILES string of the molecule is O=C(CCCN1C(=O)c2cccc3cccc(c23)C1=O)N1CCC(c2nc3ccccc3[nH]2)CC1. The molecular formula is C28H26N4O3. The first-order valence-corrected chi connectivity index (χ1v) is 12.2. The lowest BCUT2D eigenvalue weighted by molar-refractivity contribution is -0.132. The number of carbonyl (C=O) groups is 3. The second-order valence-electron chi connectivity index (χ2n) is 9.37. The van der Waals surface area contributed by atoms with Gasteiger partial charge in [-0.05, 0) is 48.9 Å². The number of para-hydroxylation sites is 2. The Labute approximate surface area is 202 Å². The van der Waals surface area contributed by atoms with Crippen LogP contribution in [-0.4, -0.2) is 57.1 Å². The van der Waals surface area contributed by atoms with Crippen LogP contribution in [0, 0.1) is 0 Å². The van der Waals surface area contributed by atoms with Crippen LogP contribution in [-0.2, 0) is 4.79 Å². The van der Waals surface area contributed by atoms with Crippen molar-refractivity contribution in [3.8, 4) is 0 Å². The number of benzene rings is 3. The molecule has 1 aromatic heterocycles. The first kappa shape index (κ1) is 21.5. The van der Waals surface area contributed by atoms with Gasteiger partial charge in [0.05, 0.1) is 11.0 Å². The number of amides is 3. The summed E-state index contributed by atoms with van der Waals surface area (Å²) >= 11 is 0. The molecule has 0 spiro atoms. The predicted molar refractivity (Wildman–Crippen MR) is 133 cm³/mol. The van der Waals surface area contributed by atoms with E-state index in [4.69, 9.17) is 4.98 Å². The molecular weight excluding hydrogens is 440 g/mol. The van der Waals surface area contributed by atoms with E-state index in [0.717, 1.165) is 40.5 Å². The van der Waals surface area contributed by atoms with Crippen molar-refractivity contribution in [3.05, 3.63) is 77.6 Å². The number of rotatable bonds is 5. The van der Waals surface area contributed by atoms with E-state index in [1.54, 1.807) is 12.1 Å². The molecule has 0 unspecified atom stereocenters. The summed E-state index contributed by atoms with van der Waals surface area (Å²) in [6.45, 7) is 1.62. The van der Waals surface area contributed by atoms with Gasteiger partial charge in [0.25, 0.3) is 11.8 Å². The molecule has 7 nitrogen and oxygen atoms in total. The van der Waals surface area contributed by atoms with Crippen LogP contribution in [0.3, 0.4) is 0 Å². The van der Waals surface area contributed by atoms with Gasteiger partial charge in [0, 0.05) is 48.5 Å². The molecule has 4 aromatic rings. The van der Waals surface area contributed by atoms with Crippen molar-refractivity contribution < 1.29 is 14.4 Å². The zero-order chi connectivity index (χ0) is 23.9. The van der Waals surface area contributed by atoms with Crippen molar-refractivity contribution >= 4 is 39.5 Å². The van der Waals surface area contributed by atoms with Crippen LogP contribution in [0.2, 0.25) is 0 Å². The third-order valence-electron chi connectivity index (χ3n) is 7.27. The number of nitrogens with zero attached hydrogens (tertiary/aromatic N) is 3. The molecule has 176 valence electrons. The Morgan fingerprint density at radius 1 is 0.914 bits per heavy atom. The maximum atomic E-state index is 13.0. The van der Waals surface area contributed by atoms with Crippen LogP contribution in [0.4, 0.5) is 0 Å². The van der Waals surface area contributed by atoms with E-state index in [-0.39, 0.29) is 24.3 Å². The maximum Gasteiger partial charge on any atom is 0.261 e. The number of fused-ring (bicyclic) bond motifs is 1. The standard InChI is InChI=1S/C28H26N4O3/c33-24(31-16-13-19(14-17-31)26-29-22-10-1-2-11-23(22)30-26)12-5-15-32-27(34)20-8-3-6-18-7-4-9-21(25(18)20)28(32)35/h1-4,6-11,19H,5,12-17H2,(H,29,30). The van der Waals surface area contributed by atoms with E-state index in [1.807, 2.05) is 53.4 Å². The summed E-state index contributed by atoms with van der Waals surface area (Å²) in [4.78, 5) is 50.2. The number of aromatic amines is 1. The fourth-order valence-corrected chi connectivity index (χ4v) is 5.40. The highest BCUT2D eigenvalue weighted by Crippen LogP contribution is 2.31. The molecule has 3 aromatic carbocycles. The predicted octanol–water partition coefficient (Wildman–Crippen LogP) is 4.50. The summed E-state index contributed by atoms with van der Waals surface area (Å²) in [5.41, 5.74) is 3.12. The summed E-state index contributed by atoms with van der Waals surface area (Å²) in [5, 5.41) is 1.62. The monoisotopic (exact) mass is 466 g/mol. The molecule has 2 aliphatic heterocycles. The van der Waals surface area contributed by atoms with Crippen molar-refractivity contribution in [3.63, 3.8) is 0 Å². The summed E-state index contributed by atoms with van der Waals surface area (Å²) in [6, 6.07) is 19.1. The van der Waals surface area contributed by atoms with Gasteiger partial charge in [0.15, 0.2) is 0 Å². The number of aromatic nitrogens is 2. The average Bonchev–Trinajstić information content (AvgIpc) is 3.33. The molecule has 3 heterocycles.